The molecule has 2 rings (SSSR count). The van der Waals surface area contributed by atoms with E-state index in [4.69, 9.17) is 17.0 Å². The van der Waals surface area contributed by atoms with Crippen LogP contribution in [0.5, 0.6) is 0 Å². The predicted molar refractivity (Wildman–Crippen MR) is 49.4 cm³/mol. The van der Waals surface area contributed by atoms with E-state index >= 15 is 0 Å². The van der Waals surface area contributed by atoms with Gasteiger partial charge in [0.25, 0.3) is 0 Å². The highest BCUT2D eigenvalue weighted by Crippen LogP contribution is 2.13. The Morgan fingerprint density at radius 1 is 1.46 bits per heavy atom. The van der Waals surface area contributed by atoms with Crippen LogP contribution in [0.3, 0.4) is 0 Å². The molecule has 66 valence electrons. The number of halogens is 1. The summed E-state index contributed by atoms with van der Waals surface area (Å²) in [5, 5.41) is 16.7. The second kappa shape index (κ2) is 2.81. The Labute approximate surface area is 79.3 Å². The van der Waals surface area contributed by atoms with E-state index in [0.29, 0.717) is 21.4 Å². The van der Waals surface area contributed by atoms with Crippen molar-refractivity contribution in [1.82, 2.24) is 15.0 Å². The molecule has 0 atom stereocenters. The molecule has 2 aromatic rings. The van der Waals surface area contributed by atoms with Gasteiger partial charge in [-0.05, 0) is 18.2 Å². The van der Waals surface area contributed by atoms with E-state index in [0.717, 1.165) is 0 Å². The Hall–Kier alpha value is -1.42. The average Bonchev–Trinajstić information content (AvgIpc) is 2.12. The van der Waals surface area contributed by atoms with Crippen LogP contribution in [-0.2, 0) is 7.05 Å². The molecular weight excluding hydrogens is 188 g/mol. The second-order valence-electron chi connectivity index (χ2n) is 2.72. The molecule has 0 aliphatic carbocycles. The number of hydrogen-bond acceptors (Lipinski definition) is 3. The third-order valence-electron chi connectivity index (χ3n) is 1.82. The van der Waals surface area contributed by atoms with Crippen LogP contribution < -0.4 is 5.49 Å². The van der Waals surface area contributed by atoms with E-state index < -0.39 is 0 Å². The van der Waals surface area contributed by atoms with Crippen molar-refractivity contribution in [2.75, 3.05) is 0 Å². The van der Waals surface area contributed by atoms with Gasteiger partial charge in [0.2, 0.25) is 0 Å². The van der Waals surface area contributed by atoms with Crippen LogP contribution in [0.1, 0.15) is 0 Å². The zero-order valence-corrected chi connectivity index (χ0v) is 7.71. The molecule has 0 spiro atoms. The lowest BCUT2D eigenvalue weighted by Crippen LogP contribution is -2.20. The molecule has 0 unspecified atom stereocenters. The van der Waals surface area contributed by atoms with Crippen molar-refractivity contribution >= 4 is 22.5 Å². The normalized spacial score (nSPS) is 10.6. The van der Waals surface area contributed by atoms with Crippen LogP contribution in [0.15, 0.2) is 18.2 Å². The maximum atomic E-state index is 7.69. The Kier molecular flexibility index (Phi) is 1.77. The van der Waals surface area contributed by atoms with Crippen LogP contribution in [-0.4, -0.2) is 15.0 Å². The molecule has 4 nitrogen and oxygen atoms in total. The molecule has 5 heteroatoms. The van der Waals surface area contributed by atoms with E-state index in [-0.39, 0.29) is 0 Å². The first kappa shape index (κ1) is 8.19. The minimum Gasteiger partial charge on any atom is -0.283 e. The number of rotatable bonds is 0. The van der Waals surface area contributed by atoms with Gasteiger partial charge in [-0.2, -0.15) is 0 Å². The fourth-order valence-corrected chi connectivity index (χ4v) is 1.29. The fourth-order valence-electron chi connectivity index (χ4n) is 1.12. The molecule has 0 radical (unpaired) electrons. The number of benzene rings is 1. The zero-order valence-electron chi connectivity index (χ0n) is 6.95. The largest absolute Gasteiger partial charge is 0.283 e. The molecule has 1 N–H and O–H groups in total. The minimum atomic E-state index is 0.313. The van der Waals surface area contributed by atoms with Crippen molar-refractivity contribution in [1.29, 1.82) is 5.41 Å². The van der Waals surface area contributed by atoms with E-state index in [1.165, 1.54) is 4.68 Å². The summed E-state index contributed by atoms with van der Waals surface area (Å²) >= 11 is 5.80. The summed E-state index contributed by atoms with van der Waals surface area (Å²) < 4.78 is 1.40. The Balaban J connectivity index is 2.97. The third kappa shape index (κ3) is 1.29. The van der Waals surface area contributed by atoms with Crippen molar-refractivity contribution in [2.24, 2.45) is 7.05 Å². The minimum absolute atomic E-state index is 0.313. The number of aryl methyl sites for hydroxylation is 1. The Morgan fingerprint density at radius 2 is 2.23 bits per heavy atom. The van der Waals surface area contributed by atoms with Crippen molar-refractivity contribution in [3.8, 4) is 0 Å². The molecule has 1 aromatic heterocycles. The Bertz CT molecular complexity index is 512. The third-order valence-corrected chi connectivity index (χ3v) is 2.06. The molecule has 0 aliphatic rings. The summed E-state index contributed by atoms with van der Waals surface area (Å²) in [6.07, 6.45) is 0. The lowest BCUT2D eigenvalue weighted by Gasteiger charge is -2.00. The maximum absolute atomic E-state index is 7.69. The summed E-state index contributed by atoms with van der Waals surface area (Å²) in [5.74, 6) is 0. The van der Waals surface area contributed by atoms with Gasteiger partial charge in [-0.1, -0.05) is 16.8 Å². The summed E-state index contributed by atoms with van der Waals surface area (Å²) in [6, 6.07) is 5.20. The lowest BCUT2D eigenvalue weighted by molar-refractivity contribution is 0.638. The highest BCUT2D eigenvalue weighted by Gasteiger charge is 1.99. The van der Waals surface area contributed by atoms with Gasteiger partial charge in [-0.15, -0.1) is 5.10 Å². The van der Waals surface area contributed by atoms with Crippen LogP contribution in [0, 0.1) is 5.41 Å². The number of fused-ring (bicyclic) bond motifs is 1. The van der Waals surface area contributed by atoms with Crippen LogP contribution >= 0.6 is 11.6 Å². The summed E-state index contributed by atoms with van der Waals surface area (Å²) in [5.41, 5.74) is 1.00. The van der Waals surface area contributed by atoms with Crippen molar-refractivity contribution in [3.05, 3.63) is 28.7 Å². The predicted octanol–water partition coefficient (Wildman–Crippen LogP) is 1.10. The molecule has 1 heterocycles. The lowest BCUT2D eigenvalue weighted by atomic mass is 10.2. The molecule has 13 heavy (non-hydrogen) atoms. The molecule has 0 fully saturated rings. The van der Waals surface area contributed by atoms with Gasteiger partial charge in [0.1, 0.15) is 0 Å². The van der Waals surface area contributed by atoms with Gasteiger partial charge in [0.05, 0.1) is 5.52 Å². The molecule has 1 aromatic carbocycles. The van der Waals surface area contributed by atoms with Gasteiger partial charge in [-0.25, -0.2) is 4.68 Å². The quantitative estimate of drug-likeness (QED) is 0.683. The molecule has 0 amide bonds. The molecule has 0 bridgehead atoms. The second-order valence-corrected chi connectivity index (χ2v) is 3.16. The van der Waals surface area contributed by atoms with E-state index in [1.54, 1.807) is 25.2 Å². The number of nitrogens with one attached hydrogen (secondary N) is 1. The van der Waals surface area contributed by atoms with Crippen molar-refractivity contribution < 1.29 is 0 Å². The standard InChI is InChI=1S/C8H7ClN4/c1-13-8(10)6-4-5(9)2-3-7(6)11-12-13/h2-4,10H,1H3. The Morgan fingerprint density at radius 3 is 3.00 bits per heavy atom. The summed E-state index contributed by atoms with van der Waals surface area (Å²) in [4.78, 5) is 0. The first-order chi connectivity index (χ1) is 6.18. The number of hydrogen-bond donors (Lipinski definition) is 1. The topological polar surface area (TPSA) is 54.6 Å². The molecule has 0 aliphatic heterocycles. The van der Waals surface area contributed by atoms with E-state index in [9.17, 15) is 0 Å². The highest BCUT2D eigenvalue weighted by atomic mass is 35.5. The van der Waals surface area contributed by atoms with Gasteiger partial charge in [0, 0.05) is 17.5 Å². The molecular formula is C8H7ClN4. The number of aromatic nitrogens is 3. The van der Waals surface area contributed by atoms with E-state index in [1.807, 2.05) is 0 Å². The van der Waals surface area contributed by atoms with Crippen LogP contribution in [0.4, 0.5) is 0 Å². The fraction of sp³-hybridized carbons (Fsp3) is 0.125. The van der Waals surface area contributed by atoms with Gasteiger partial charge in [-0.3, -0.25) is 5.41 Å². The first-order valence-electron chi connectivity index (χ1n) is 3.72. The highest BCUT2D eigenvalue weighted by molar-refractivity contribution is 6.31. The SMILES string of the molecule is Cn1nnc2ccc(Cl)cc2c1=N. The van der Waals surface area contributed by atoms with Crippen molar-refractivity contribution in [3.63, 3.8) is 0 Å². The van der Waals surface area contributed by atoms with Crippen LogP contribution in [0.25, 0.3) is 10.9 Å². The van der Waals surface area contributed by atoms with Gasteiger partial charge < -0.3 is 0 Å². The first-order valence-corrected chi connectivity index (χ1v) is 4.10. The number of nitrogens with zero attached hydrogens (tertiary/aromatic N) is 3. The van der Waals surface area contributed by atoms with Gasteiger partial charge >= 0.3 is 0 Å². The van der Waals surface area contributed by atoms with Crippen LogP contribution in [0.2, 0.25) is 5.02 Å². The summed E-state index contributed by atoms with van der Waals surface area (Å²) in [6.45, 7) is 0. The van der Waals surface area contributed by atoms with E-state index in [2.05, 4.69) is 10.3 Å². The average molecular weight is 195 g/mol. The van der Waals surface area contributed by atoms with Crippen molar-refractivity contribution in [2.45, 2.75) is 0 Å². The smallest absolute Gasteiger partial charge is 0.152 e. The monoisotopic (exact) mass is 194 g/mol. The summed E-state index contributed by atoms with van der Waals surface area (Å²) in [7, 11) is 1.68. The molecule has 0 saturated heterocycles. The maximum Gasteiger partial charge on any atom is 0.152 e. The zero-order chi connectivity index (χ0) is 9.42. The van der Waals surface area contributed by atoms with Gasteiger partial charge in [0.15, 0.2) is 5.49 Å². The molecule has 0 saturated carbocycles.